The van der Waals surface area contributed by atoms with E-state index in [0.717, 1.165) is 18.7 Å². The second kappa shape index (κ2) is 5.87. The van der Waals surface area contributed by atoms with Gasteiger partial charge in [-0.15, -0.1) is 0 Å². The highest BCUT2D eigenvalue weighted by Gasteiger charge is 2.29. The molecule has 3 rings (SSSR count). The summed E-state index contributed by atoms with van der Waals surface area (Å²) in [5.74, 6) is 0.00887. The van der Waals surface area contributed by atoms with Crippen LogP contribution in [0.1, 0.15) is 22.0 Å². The summed E-state index contributed by atoms with van der Waals surface area (Å²) in [7, 11) is 1.81. The molecule has 1 aliphatic rings. The summed E-state index contributed by atoms with van der Waals surface area (Å²) in [6, 6.07) is 7.67. The summed E-state index contributed by atoms with van der Waals surface area (Å²) in [6.45, 7) is 2.19. The molecule has 21 heavy (non-hydrogen) atoms. The van der Waals surface area contributed by atoms with Gasteiger partial charge >= 0.3 is 0 Å². The predicted octanol–water partition coefficient (Wildman–Crippen LogP) is 1.86. The highest BCUT2D eigenvalue weighted by molar-refractivity contribution is 6.30. The van der Waals surface area contributed by atoms with E-state index >= 15 is 0 Å². The van der Waals surface area contributed by atoms with Crippen LogP contribution in [-0.2, 0) is 7.05 Å². The monoisotopic (exact) mass is 304 g/mol. The minimum atomic E-state index is -0.00911. The van der Waals surface area contributed by atoms with E-state index in [2.05, 4.69) is 10.4 Å². The molecule has 0 spiro atoms. The zero-order chi connectivity index (χ0) is 14.8. The number of hydrogen-bond acceptors (Lipinski definition) is 3. The summed E-state index contributed by atoms with van der Waals surface area (Å²) in [6.07, 6.45) is 3.36. The number of carbonyl (C=O) groups is 1. The van der Waals surface area contributed by atoms with Gasteiger partial charge in [0.15, 0.2) is 0 Å². The number of nitrogens with zero attached hydrogens (tertiary/aromatic N) is 3. The lowest BCUT2D eigenvalue weighted by molar-refractivity contribution is 0.0634. The van der Waals surface area contributed by atoms with Gasteiger partial charge in [-0.2, -0.15) is 5.10 Å². The Morgan fingerprint density at radius 3 is 3.05 bits per heavy atom. The molecule has 0 saturated carbocycles. The highest BCUT2D eigenvalue weighted by atomic mass is 35.5. The molecule has 1 aliphatic heterocycles. The molecule has 1 saturated heterocycles. The molecule has 5 nitrogen and oxygen atoms in total. The van der Waals surface area contributed by atoms with Gasteiger partial charge in [0.2, 0.25) is 0 Å². The van der Waals surface area contributed by atoms with Crippen LogP contribution in [0.15, 0.2) is 36.7 Å². The van der Waals surface area contributed by atoms with Crippen LogP contribution >= 0.6 is 11.6 Å². The number of aryl methyl sites for hydroxylation is 1. The first kappa shape index (κ1) is 14.1. The van der Waals surface area contributed by atoms with E-state index in [0.29, 0.717) is 17.1 Å². The summed E-state index contributed by atoms with van der Waals surface area (Å²) in [5, 5.41) is 8.10. The third kappa shape index (κ3) is 2.94. The van der Waals surface area contributed by atoms with Crippen LogP contribution in [0.25, 0.3) is 0 Å². The van der Waals surface area contributed by atoms with Gasteiger partial charge in [0, 0.05) is 37.9 Å². The number of aromatic nitrogens is 2. The van der Waals surface area contributed by atoms with Crippen LogP contribution in [-0.4, -0.2) is 40.2 Å². The molecule has 1 aromatic carbocycles. The Kier molecular flexibility index (Phi) is 3.94. The second-order valence-electron chi connectivity index (χ2n) is 5.18. The molecule has 2 aromatic rings. The molecular formula is C15H17ClN4O. The fourth-order valence-electron chi connectivity index (χ4n) is 2.66. The Balaban J connectivity index is 1.89. The second-order valence-corrected chi connectivity index (χ2v) is 5.61. The topological polar surface area (TPSA) is 50.2 Å². The van der Waals surface area contributed by atoms with E-state index in [9.17, 15) is 4.79 Å². The maximum absolute atomic E-state index is 12.7. The lowest BCUT2D eigenvalue weighted by Gasteiger charge is -2.36. The summed E-state index contributed by atoms with van der Waals surface area (Å²) in [4.78, 5) is 14.6. The first-order chi connectivity index (χ1) is 10.1. The zero-order valence-corrected chi connectivity index (χ0v) is 12.5. The van der Waals surface area contributed by atoms with Gasteiger partial charge in [-0.3, -0.25) is 9.48 Å². The molecule has 1 N–H and O–H groups in total. The first-order valence-corrected chi connectivity index (χ1v) is 7.29. The summed E-state index contributed by atoms with van der Waals surface area (Å²) in [5.41, 5.74) is 1.67. The predicted molar refractivity (Wildman–Crippen MR) is 81.3 cm³/mol. The number of rotatable bonds is 2. The Hall–Kier alpha value is -1.85. The van der Waals surface area contributed by atoms with Crippen LogP contribution in [0.2, 0.25) is 5.02 Å². The molecule has 1 amide bonds. The normalized spacial score (nSPS) is 18.8. The molecule has 0 aliphatic carbocycles. The molecule has 0 bridgehead atoms. The standard InChI is InChI=1S/C15H17ClN4O/c1-19-10-12(8-18-19)15(21)20-6-5-17-9-14(20)11-3-2-4-13(16)7-11/h2-4,7-8,10,14,17H,5-6,9H2,1H3. The van der Waals surface area contributed by atoms with Gasteiger partial charge in [-0.1, -0.05) is 23.7 Å². The fourth-order valence-corrected chi connectivity index (χ4v) is 2.86. The number of benzene rings is 1. The van der Waals surface area contributed by atoms with Gasteiger partial charge in [-0.05, 0) is 17.7 Å². The van der Waals surface area contributed by atoms with Crippen molar-refractivity contribution in [2.24, 2.45) is 7.05 Å². The van der Waals surface area contributed by atoms with Crippen molar-refractivity contribution in [3.63, 3.8) is 0 Å². The van der Waals surface area contributed by atoms with Gasteiger partial charge in [-0.25, -0.2) is 0 Å². The van der Waals surface area contributed by atoms with E-state index in [-0.39, 0.29) is 11.9 Å². The third-order valence-electron chi connectivity index (χ3n) is 3.69. The molecule has 0 radical (unpaired) electrons. The minimum absolute atomic E-state index is 0.00887. The van der Waals surface area contributed by atoms with Gasteiger partial charge in [0.1, 0.15) is 0 Å². The fraction of sp³-hybridized carbons (Fsp3) is 0.333. The van der Waals surface area contributed by atoms with Crippen molar-refractivity contribution >= 4 is 17.5 Å². The lowest BCUT2D eigenvalue weighted by atomic mass is 10.0. The van der Waals surface area contributed by atoms with Crippen LogP contribution in [0, 0.1) is 0 Å². The van der Waals surface area contributed by atoms with E-state index in [1.54, 1.807) is 17.1 Å². The average molecular weight is 305 g/mol. The summed E-state index contributed by atoms with van der Waals surface area (Å²) < 4.78 is 1.64. The number of halogens is 1. The van der Waals surface area contributed by atoms with E-state index in [1.807, 2.05) is 36.2 Å². The van der Waals surface area contributed by atoms with Crippen LogP contribution in [0.5, 0.6) is 0 Å². The average Bonchev–Trinajstić information content (AvgIpc) is 2.93. The molecular weight excluding hydrogens is 288 g/mol. The Morgan fingerprint density at radius 2 is 2.33 bits per heavy atom. The zero-order valence-electron chi connectivity index (χ0n) is 11.8. The largest absolute Gasteiger partial charge is 0.329 e. The Labute approximate surface area is 128 Å². The van der Waals surface area contributed by atoms with Crippen LogP contribution in [0.4, 0.5) is 0 Å². The number of piperazine rings is 1. The van der Waals surface area contributed by atoms with Crippen molar-refractivity contribution in [3.05, 3.63) is 52.8 Å². The lowest BCUT2D eigenvalue weighted by Crippen LogP contribution is -2.48. The summed E-state index contributed by atoms with van der Waals surface area (Å²) >= 11 is 6.07. The van der Waals surface area contributed by atoms with E-state index in [1.165, 1.54) is 0 Å². The maximum atomic E-state index is 12.7. The van der Waals surface area contributed by atoms with Crippen molar-refractivity contribution in [3.8, 4) is 0 Å². The van der Waals surface area contributed by atoms with Crippen LogP contribution < -0.4 is 5.32 Å². The Morgan fingerprint density at radius 1 is 1.48 bits per heavy atom. The van der Waals surface area contributed by atoms with Crippen molar-refractivity contribution in [1.29, 1.82) is 0 Å². The molecule has 1 aromatic heterocycles. The van der Waals surface area contributed by atoms with Crippen molar-refractivity contribution in [2.45, 2.75) is 6.04 Å². The third-order valence-corrected chi connectivity index (χ3v) is 3.92. The number of amides is 1. The highest BCUT2D eigenvalue weighted by Crippen LogP contribution is 2.26. The quantitative estimate of drug-likeness (QED) is 0.921. The van der Waals surface area contributed by atoms with Crippen LogP contribution in [0.3, 0.4) is 0 Å². The molecule has 1 unspecified atom stereocenters. The van der Waals surface area contributed by atoms with E-state index in [4.69, 9.17) is 11.6 Å². The van der Waals surface area contributed by atoms with Gasteiger partial charge in [0.05, 0.1) is 17.8 Å². The molecule has 1 fully saturated rings. The Bertz CT molecular complexity index is 655. The molecule has 110 valence electrons. The first-order valence-electron chi connectivity index (χ1n) is 6.91. The molecule has 2 heterocycles. The maximum Gasteiger partial charge on any atom is 0.257 e. The van der Waals surface area contributed by atoms with E-state index < -0.39 is 0 Å². The number of nitrogens with one attached hydrogen (secondary N) is 1. The van der Waals surface area contributed by atoms with Crippen molar-refractivity contribution < 1.29 is 4.79 Å². The number of hydrogen-bond donors (Lipinski definition) is 1. The minimum Gasteiger partial charge on any atom is -0.329 e. The molecule has 6 heteroatoms. The van der Waals surface area contributed by atoms with Gasteiger partial charge < -0.3 is 10.2 Å². The van der Waals surface area contributed by atoms with Crippen molar-refractivity contribution in [1.82, 2.24) is 20.0 Å². The molecule has 1 atom stereocenters. The van der Waals surface area contributed by atoms with Gasteiger partial charge in [0.25, 0.3) is 5.91 Å². The SMILES string of the molecule is Cn1cc(C(=O)N2CCNCC2c2cccc(Cl)c2)cn1. The smallest absolute Gasteiger partial charge is 0.257 e. The van der Waals surface area contributed by atoms with Crippen molar-refractivity contribution in [2.75, 3.05) is 19.6 Å². The number of carbonyl (C=O) groups excluding carboxylic acids is 1.